The van der Waals surface area contributed by atoms with E-state index >= 15 is 0 Å². The summed E-state index contributed by atoms with van der Waals surface area (Å²) in [4.78, 5) is 37.5. The van der Waals surface area contributed by atoms with Crippen LogP contribution in [0.4, 0.5) is 15.8 Å². The van der Waals surface area contributed by atoms with Crippen molar-refractivity contribution in [1.29, 1.82) is 0 Å². The Morgan fingerprint density at radius 1 is 1.29 bits per heavy atom. The Kier molecular flexibility index (Phi) is 5.94. The largest absolute Gasteiger partial charge is 0.455 e. The van der Waals surface area contributed by atoms with Crippen LogP contribution in [0, 0.1) is 18.7 Å². The molecule has 1 saturated heterocycles. The third-order valence-corrected chi connectivity index (χ3v) is 4.81. The normalized spacial score (nSPS) is 16.2. The van der Waals surface area contributed by atoms with Gasteiger partial charge in [0.2, 0.25) is 5.91 Å². The number of para-hydroxylation sites is 1. The highest BCUT2D eigenvalue weighted by Crippen LogP contribution is 2.28. The molecular formula is C20H18ClFN2O4. The van der Waals surface area contributed by atoms with Crippen molar-refractivity contribution < 1.29 is 23.5 Å². The lowest BCUT2D eigenvalue weighted by Gasteiger charge is -2.17. The minimum absolute atomic E-state index is 0.00773. The number of halogens is 2. The van der Waals surface area contributed by atoms with Crippen molar-refractivity contribution in [2.24, 2.45) is 5.92 Å². The van der Waals surface area contributed by atoms with E-state index in [2.05, 4.69) is 5.32 Å². The summed E-state index contributed by atoms with van der Waals surface area (Å²) in [5.74, 6) is -2.87. The summed E-state index contributed by atoms with van der Waals surface area (Å²) >= 11 is 6.00. The standard InChI is InChI=1S/C20H18ClFN2O4/c1-12-6-7-14(9-15(12)21)23-18(25)11-28-20(27)13-8-19(26)24(10-13)17-5-3-2-4-16(17)22/h2-7,9,13H,8,10-11H2,1H3,(H,23,25)/t13-/m1/s1. The molecule has 0 aromatic heterocycles. The maximum absolute atomic E-state index is 13.9. The van der Waals surface area contributed by atoms with Gasteiger partial charge in [0.05, 0.1) is 11.6 Å². The minimum atomic E-state index is -0.756. The highest BCUT2D eigenvalue weighted by Gasteiger charge is 2.37. The van der Waals surface area contributed by atoms with Gasteiger partial charge < -0.3 is 15.0 Å². The summed E-state index contributed by atoms with van der Waals surface area (Å²) in [5, 5.41) is 3.09. The monoisotopic (exact) mass is 404 g/mol. The molecule has 8 heteroatoms. The second-order valence-corrected chi connectivity index (χ2v) is 6.88. The molecule has 1 N–H and O–H groups in total. The molecule has 2 aromatic rings. The van der Waals surface area contributed by atoms with Crippen LogP contribution >= 0.6 is 11.6 Å². The average Bonchev–Trinajstić information content (AvgIpc) is 3.05. The van der Waals surface area contributed by atoms with E-state index in [0.29, 0.717) is 10.7 Å². The third-order valence-electron chi connectivity index (χ3n) is 4.40. The van der Waals surface area contributed by atoms with Crippen molar-refractivity contribution >= 4 is 40.8 Å². The Morgan fingerprint density at radius 3 is 2.75 bits per heavy atom. The topological polar surface area (TPSA) is 75.7 Å². The Morgan fingerprint density at radius 2 is 2.04 bits per heavy atom. The number of carbonyl (C=O) groups excluding carboxylic acids is 3. The van der Waals surface area contributed by atoms with Gasteiger partial charge in [-0.05, 0) is 36.8 Å². The zero-order valence-electron chi connectivity index (χ0n) is 15.1. The van der Waals surface area contributed by atoms with Gasteiger partial charge in [0.15, 0.2) is 6.61 Å². The predicted molar refractivity (Wildman–Crippen MR) is 103 cm³/mol. The summed E-state index contributed by atoms with van der Waals surface area (Å²) < 4.78 is 18.9. The number of benzene rings is 2. The molecule has 1 aliphatic rings. The van der Waals surface area contributed by atoms with Crippen LogP contribution in [0.15, 0.2) is 42.5 Å². The molecule has 28 heavy (non-hydrogen) atoms. The number of amides is 2. The molecule has 6 nitrogen and oxygen atoms in total. The van der Waals surface area contributed by atoms with Gasteiger partial charge >= 0.3 is 5.97 Å². The van der Waals surface area contributed by atoms with Crippen molar-refractivity contribution in [3.8, 4) is 0 Å². The summed E-state index contributed by atoms with van der Waals surface area (Å²) in [6.07, 6.45) is -0.0949. The van der Waals surface area contributed by atoms with Crippen LogP contribution in [-0.4, -0.2) is 30.9 Å². The van der Waals surface area contributed by atoms with Crippen molar-refractivity contribution in [3.63, 3.8) is 0 Å². The van der Waals surface area contributed by atoms with Gasteiger partial charge in [-0.1, -0.05) is 29.8 Å². The van der Waals surface area contributed by atoms with Crippen molar-refractivity contribution in [3.05, 3.63) is 58.9 Å². The lowest BCUT2D eigenvalue weighted by Crippen LogP contribution is -2.28. The molecule has 0 spiro atoms. The Hall–Kier alpha value is -2.93. The average molecular weight is 405 g/mol. The fourth-order valence-corrected chi connectivity index (χ4v) is 3.07. The first-order valence-corrected chi connectivity index (χ1v) is 9.00. The van der Waals surface area contributed by atoms with Gasteiger partial charge in [-0.3, -0.25) is 14.4 Å². The van der Waals surface area contributed by atoms with E-state index in [1.807, 2.05) is 6.92 Å². The molecule has 2 amide bonds. The molecule has 0 aliphatic carbocycles. The number of ether oxygens (including phenoxy) is 1. The molecule has 1 heterocycles. The van der Waals surface area contributed by atoms with Crippen molar-refractivity contribution in [2.45, 2.75) is 13.3 Å². The van der Waals surface area contributed by atoms with Crippen LogP contribution < -0.4 is 10.2 Å². The van der Waals surface area contributed by atoms with Gasteiger partial charge in [0, 0.05) is 23.7 Å². The highest BCUT2D eigenvalue weighted by atomic mass is 35.5. The number of hydrogen-bond donors (Lipinski definition) is 1. The maximum Gasteiger partial charge on any atom is 0.311 e. The van der Waals surface area contributed by atoms with Crippen LogP contribution in [0.25, 0.3) is 0 Å². The van der Waals surface area contributed by atoms with Crippen LogP contribution in [0.2, 0.25) is 5.02 Å². The number of nitrogens with one attached hydrogen (secondary N) is 1. The van der Waals surface area contributed by atoms with Gasteiger partial charge in [0.1, 0.15) is 5.82 Å². The summed E-state index contributed by atoms with van der Waals surface area (Å²) in [5.41, 5.74) is 1.48. The molecule has 2 aromatic carbocycles. The molecule has 1 aliphatic heterocycles. The fraction of sp³-hybridized carbons (Fsp3) is 0.250. The van der Waals surface area contributed by atoms with E-state index < -0.39 is 30.2 Å². The van der Waals surface area contributed by atoms with Gasteiger partial charge in [-0.2, -0.15) is 0 Å². The third kappa shape index (κ3) is 4.48. The summed E-state index contributed by atoms with van der Waals surface area (Å²) in [6.45, 7) is 1.35. The Labute approximate surface area is 166 Å². The Bertz CT molecular complexity index is 934. The van der Waals surface area contributed by atoms with Crippen LogP contribution in [0.5, 0.6) is 0 Å². The first-order valence-electron chi connectivity index (χ1n) is 8.62. The molecule has 146 valence electrons. The van der Waals surface area contributed by atoms with Crippen molar-refractivity contribution in [2.75, 3.05) is 23.4 Å². The fourth-order valence-electron chi connectivity index (χ4n) is 2.89. The number of esters is 1. The smallest absolute Gasteiger partial charge is 0.311 e. The molecule has 3 rings (SSSR count). The second-order valence-electron chi connectivity index (χ2n) is 6.48. The zero-order chi connectivity index (χ0) is 20.3. The van der Waals surface area contributed by atoms with E-state index in [-0.39, 0.29) is 24.6 Å². The molecule has 1 fully saturated rings. The first-order chi connectivity index (χ1) is 13.3. The number of hydrogen-bond acceptors (Lipinski definition) is 4. The van der Waals surface area contributed by atoms with Crippen molar-refractivity contribution in [1.82, 2.24) is 0 Å². The summed E-state index contributed by atoms with van der Waals surface area (Å²) in [7, 11) is 0. The van der Waals surface area contributed by atoms with Crippen LogP contribution in [0.3, 0.4) is 0 Å². The maximum atomic E-state index is 13.9. The van der Waals surface area contributed by atoms with Gasteiger partial charge in [0.25, 0.3) is 5.91 Å². The van der Waals surface area contributed by atoms with E-state index in [1.165, 1.54) is 23.1 Å². The van der Waals surface area contributed by atoms with E-state index in [0.717, 1.165) is 5.56 Å². The molecule has 0 radical (unpaired) electrons. The number of carbonyl (C=O) groups is 3. The highest BCUT2D eigenvalue weighted by molar-refractivity contribution is 6.31. The molecule has 0 bridgehead atoms. The molecule has 0 unspecified atom stereocenters. The van der Waals surface area contributed by atoms with Crippen LogP contribution in [0.1, 0.15) is 12.0 Å². The lowest BCUT2D eigenvalue weighted by atomic mass is 10.1. The predicted octanol–water partition coefficient (Wildman–Crippen LogP) is 3.32. The molecule has 1 atom stereocenters. The van der Waals surface area contributed by atoms with Gasteiger partial charge in [-0.15, -0.1) is 0 Å². The number of anilines is 2. The molecule has 0 saturated carbocycles. The Balaban J connectivity index is 1.54. The molecular weight excluding hydrogens is 387 g/mol. The lowest BCUT2D eigenvalue weighted by molar-refractivity contribution is -0.151. The van der Waals surface area contributed by atoms with E-state index in [9.17, 15) is 18.8 Å². The number of aryl methyl sites for hydroxylation is 1. The second kappa shape index (κ2) is 8.39. The van der Waals surface area contributed by atoms with E-state index in [4.69, 9.17) is 16.3 Å². The summed E-state index contributed by atoms with van der Waals surface area (Å²) in [6, 6.07) is 10.9. The van der Waals surface area contributed by atoms with Crippen LogP contribution in [-0.2, 0) is 19.1 Å². The number of nitrogens with zero attached hydrogens (tertiary/aromatic N) is 1. The van der Waals surface area contributed by atoms with Gasteiger partial charge in [-0.25, -0.2) is 4.39 Å². The SMILES string of the molecule is Cc1ccc(NC(=O)COC(=O)[C@@H]2CC(=O)N(c3ccccc3F)C2)cc1Cl. The zero-order valence-corrected chi connectivity index (χ0v) is 15.8. The number of rotatable bonds is 5. The quantitative estimate of drug-likeness (QED) is 0.776. The minimum Gasteiger partial charge on any atom is -0.455 e. The first kappa shape index (κ1) is 19.8. The van der Waals surface area contributed by atoms with E-state index in [1.54, 1.807) is 24.3 Å².